The molecule has 2 heterocycles. The van der Waals surface area contributed by atoms with E-state index in [9.17, 15) is 22.8 Å². The van der Waals surface area contributed by atoms with Gasteiger partial charge in [0, 0.05) is 66.7 Å². The molecule has 2 aromatic heterocycles. The number of nitrogens with zero attached hydrogens (tertiary/aromatic N) is 4. The maximum atomic E-state index is 14.2. The molecule has 2 N–H and O–H groups in total. The number of carbonyl (C=O) groups is 2. The number of thioether (sulfide) groups is 1. The first-order valence-electron chi connectivity index (χ1n) is 12.5. The first-order valence-corrected chi connectivity index (χ1v) is 13.5. The summed E-state index contributed by atoms with van der Waals surface area (Å²) in [5.41, 5.74) is 1.84. The lowest BCUT2D eigenvalue weighted by Gasteiger charge is -2.24. The van der Waals surface area contributed by atoms with Gasteiger partial charge in [0.25, 0.3) is 5.91 Å². The number of halogens is 3. The van der Waals surface area contributed by atoms with Gasteiger partial charge in [0.15, 0.2) is 0 Å². The maximum absolute atomic E-state index is 14.2. The number of fused-ring (bicyclic) bond motifs is 1. The van der Waals surface area contributed by atoms with Crippen LogP contribution in [0.2, 0.25) is 0 Å². The molecule has 0 spiro atoms. The fourth-order valence-electron chi connectivity index (χ4n) is 3.94. The van der Waals surface area contributed by atoms with Crippen LogP contribution in [-0.4, -0.2) is 58.8 Å². The molecule has 4 rings (SSSR count). The van der Waals surface area contributed by atoms with Crippen LogP contribution in [0, 0.1) is 0 Å². The molecule has 0 fully saturated rings. The summed E-state index contributed by atoms with van der Waals surface area (Å²) < 4.78 is 42.6. The van der Waals surface area contributed by atoms with Gasteiger partial charge < -0.3 is 10.2 Å². The highest BCUT2D eigenvalue weighted by atomic mass is 32.2. The van der Waals surface area contributed by atoms with Gasteiger partial charge in [-0.1, -0.05) is 30.3 Å². The lowest BCUT2D eigenvalue weighted by molar-refractivity contribution is -0.136. The van der Waals surface area contributed by atoms with E-state index in [0.717, 1.165) is 11.0 Å². The Hall–Kier alpha value is -4.45. The Morgan fingerprint density at radius 3 is 2.51 bits per heavy atom. The van der Waals surface area contributed by atoms with Crippen molar-refractivity contribution in [3.05, 3.63) is 95.9 Å². The second-order valence-electron chi connectivity index (χ2n) is 9.19. The van der Waals surface area contributed by atoms with Crippen LogP contribution in [0.3, 0.4) is 0 Å². The molecule has 41 heavy (non-hydrogen) atoms. The number of amides is 2. The molecule has 0 aliphatic heterocycles. The first-order chi connectivity index (χ1) is 19.6. The minimum absolute atomic E-state index is 0.0228. The number of alkyl halides is 3. The zero-order valence-electron chi connectivity index (χ0n) is 22.2. The van der Waals surface area contributed by atoms with Gasteiger partial charge >= 0.3 is 6.18 Å². The number of hydrogen-bond donors (Lipinski definition) is 2. The molecule has 0 bridgehead atoms. The number of pyridine rings is 2. The molecule has 0 radical (unpaired) electrons. The molecule has 4 aromatic rings. The summed E-state index contributed by atoms with van der Waals surface area (Å²) in [6.45, 7) is 0. The molecule has 0 saturated heterocycles. The summed E-state index contributed by atoms with van der Waals surface area (Å²) in [5, 5.41) is 6.78. The predicted octanol–water partition coefficient (Wildman–Crippen LogP) is 5.46. The first kappa shape index (κ1) is 29.5. The molecular formula is C29H27F3N6O2S. The third kappa shape index (κ3) is 7.82. The smallest absolute Gasteiger partial charge is 0.380 e. The predicted molar refractivity (Wildman–Crippen MR) is 154 cm³/mol. The van der Waals surface area contributed by atoms with E-state index in [4.69, 9.17) is 0 Å². The molecule has 2 aromatic carbocycles. The van der Waals surface area contributed by atoms with Crippen molar-refractivity contribution < 1.29 is 22.8 Å². The van der Waals surface area contributed by atoms with Gasteiger partial charge in [0.05, 0.1) is 28.5 Å². The fourth-order valence-corrected chi connectivity index (χ4v) is 4.89. The molecule has 12 heteroatoms. The zero-order chi connectivity index (χ0) is 29.4. The van der Waals surface area contributed by atoms with Crippen molar-refractivity contribution in [1.82, 2.24) is 20.3 Å². The average molecular weight is 581 g/mol. The molecule has 1 atom stereocenters. The van der Waals surface area contributed by atoms with E-state index in [1.54, 1.807) is 32.4 Å². The lowest BCUT2D eigenvalue weighted by atomic mass is 10.0. The highest BCUT2D eigenvalue weighted by Gasteiger charge is 2.35. The topological polar surface area (TPSA) is 99.6 Å². The van der Waals surface area contributed by atoms with Crippen LogP contribution in [-0.2, 0) is 11.0 Å². The molecule has 8 nitrogen and oxygen atoms in total. The number of benzene rings is 2. The summed E-state index contributed by atoms with van der Waals surface area (Å²) in [7, 11) is 3.21. The molecule has 2 amide bonds. The lowest BCUT2D eigenvalue weighted by Crippen LogP contribution is -2.33. The number of anilines is 1. The van der Waals surface area contributed by atoms with E-state index in [-0.39, 0.29) is 34.5 Å². The highest BCUT2D eigenvalue weighted by molar-refractivity contribution is 7.99. The van der Waals surface area contributed by atoms with Gasteiger partial charge in [-0.25, -0.2) is 5.43 Å². The monoisotopic (exact) mass is 580 g/mol. The van der Waals surface area contributed by atoms with Crippen LogP contribution in [0.25, 0.3) is 10.9 Å². The Bertz CT molecular complexity index is 1530. The van der Waals surface area contributed by atoms with E-state index in [0.29, 0.717) is 11.3 Å². The van der Waals surface area contributed by atoms with Gasteiger partial charge in [-0.05, 0) is 30.3 Å². The summed E-state index contributed by atoms with van der Waals surface area (Å²) >= 11 is 1.44. The van der Waals surface area contributed by atoms with Crippen LogP contribution < -0.4 is 10.7 Å². The third-order valence-corrected chi connectivity index (χ3v) is 7.15. The quantitative estimate of drug-likeness (QED) is 0.147. The molecule has 1 unspecified atom stereocenters. The Morgan fingerprint density at radius 1 is 1.05 bits per heavy atom. The number of nitrogens with one attached hydrogen (secondary N) is 2. The Labute approximate surface area is 239 Å². The van der Waals surface area contributed by atoms with Gasteiger partial charge in [0.1, 0.15) is 0 Å². The SMILES string of the molecule is CN(C)C(=O)CC(CSc1ccccc1)Nc1c(C(=O)N/N=C/c2cccnc2)cnc2cccc(C(F)(F)F)c12. The van der Waals surface area contributed by atoms with E-state index >= 15 is 0 Å². The van der Waals surface area contributed by atoms with Crippen LogP contribution in [0.4, 0.5) is 18.9 Å². The Balaban J connectivity index is 1.76. The van der Waals surface area contributed by atoms with Crippen molar-refractivity contribution in [3.63, 3.8) is 0 Å². The maximum Gasteiger partial charge on any atom is 0.417 e. The number of hydrogen-bond acceptors (Lipinski definition) is 7. The van der Waals surface area contributed by atoms with Crippen molar-refractivity contribution in [2.24, 2.45) is 5.10 Å². The van der Waals surface area contributed by atoms with E-state index in [1.165, 1.54) is 47.4 Å². The fraction of sp³-hybridized carbons (Fsp3) is 0.207. The Kier molecular flexibility index (Phi) is 9.56. The Morgan fingerprint density at radius 2 is 1.83 bits per heavy atom. The molecular weight excluding hydrogens is 553 g/mol. The average Bonchev–Trinajstić information content (AvgIpc) is 2.96. The molecule has 0 saturated carbocycles. The van der Waals surface area contributed by atoms with Crippen molar-refractivity contribution in [2.75, 3.05) is 25.2 Å². The normalized spacial score (nSPS) is 12.3. The summed E-state index contributed by atoms with van der Waals surface area (Å²) in [5.74, 6) is -0.660. The van der Waals surface area contributed by atoms with Crippen LogP contribution in [0.15, 0.2) is 89.3 Å². The zero-order valence-corrected chi connectivity index (χ0v) is 23.0. The van der Waals surface area contributed by atoms with Crippen molar-refractivity contribution in [1.29, 1.82) is 0 Å². The summed E-state index contributed by atoms with van der Waals surface area (Å²) in [6, 6.07) is 15.8. The van der Waals surface area contributed by atoms with Crippen molar-refractivity contribution >= 4 is 46.4 Å². The van der Waals surface area contributed by atoms with E-state index in [2.05, 4.69) is 25.8 Å². The van der Waals surface area contributed by atoms with Gasteiger partial charge in [0.2, 0.25) is 5.91 Å². The van der Waals surface area contributed by atoms with Gasteiger partial charge in [-0.15, -0.1) is 11.8 Å². The number of carbonyl (C=O) groups excluding carboxylic acids is 2. The van der Waals surface area contributed by atoms with Crippen molar-refractivity contribution in [2.45, 2.75) is 23.5 Å². The summed E-state index contributed by atoms with van der Waals surface area (Å²) in [6.07, 6.45) is 0.939. The molecule has 0 aliphatic carbocycles. The van der Waals surface area contributed by atoms with Crippen LogP contribution >= 0.6 is 11.8 Å². The number of hydrazone groups is 1. The van der Waals surface area contributed by atoms with Crippen molar-refractivity contribution in [3.8, 4) is 0 Å². The van der Waals surface area contributed by atoms with Gasteiger partial charge in [-0.3, -0.25) is 19.6 Å². The second kappa shape index (κ2) is 13.3. The number of aromatic nitrogens is 2. The second-order valence-corrected chi connectivity index (χ2v) is 10.3. The molecule has 0 aliphatic rings. The third-order valence-electron chi connectivity index (χ3n) is 5.97. The highest BCUT2D eigenvalue weighted by Crippen LogP contribution is 2.39. The largest absolute Gasteiger partial charge is 0.417 e. The van der Waals surface area contributed by atoms with Crippen LogP contribution in [0.1, 0.15) is 27.9 Å². The minimum Gasteiger partial charge on any atom is -0.380 e. The van der Waals surface area contributed by atoms with Crippen LogP contribution in [0.5, 0.6) is 0 Å². The van der Waals surface area contributed by atoms with E-state index in [1.807, 2.05) is 30.3 Å². The van der Waals surface area contributed by atoms with E-state index < -0.39 is 23.7 Å². The standard InChI is InChI=1S/C29H27F3N6O2S/c1-38(2)25(39)14-20(18-41-21-9-4-3-5-10-21)36-27-22(28(40)37-35-16-19-8-7-13-33-15-19)17-34-24-12-6-11-23(26(24)27)29(30,31)32/h3-13,15-17,20H,14,18H2,1-2H3,(H,34,36)(H,37,40)/b35-16+. The van der Waals surface area contributed by atoms with Gasteiger partial charge in [-0.2, -0.15) is 18.3 Å². The minimum atomic E-state index is -4.72. The number of rotatable bonds is 10. The summed E-state index contributed by atoms with van der Waals surface area (Å²) in [4.78, 5) is 36.4. The molecule has 212 valence electrons.